The van der Waals surface area contributed by atoms with Crippen molar-refractivity contribution >= 4 is 5.97 Å². The minimum Gasteiger partial charge on any atom is -0.465 e. The average Bonchev–Trinajstić information content (AvgIpc) is 2.81. The summed E-state index contributed by atoms with van der Waals surface area (Å²) in [5.74, 6) is -0.122. The van der Waals surface area contributed by atoms with Crippen LogP contribution in [-0.4, -0.2) is 49.3 Å². The molecule has 0 aliphatic carbocycles. The second kappa shape index (κ2) is 8.48. The molecule has 1 saturated heterocycles. The molecule has 0 N–H and O–H groups in total. The first-order valence-electron chi connectivity index (χ1n) is 7.14. The topological polar surface area (TPSA) is 38.8 Å². The summed E-state index contributed by atoms with van der Waals surface area (Å²) in [5.41, 5.74) is 0. The lowest BCUT2D eigenvalue weighted by molar-refractivity contribution is -0.144. The molecule has 106 valence electrons. The van der Waals surface area contributed by atoms with Crippen LogP contribution in [0.1, 0.15) is 46.5 Å². The molecule has 0 saturated carbocycles. The highest BCUT2D eigenvalue weighted by Gasteiger charge is 2.18. The monoisotopic (exact) mass is 257 g/mol. The van der Waals surface area contributed by atoms with Crippen molar-refractivity contribution < 1.29 is 14.3 Å². The van der Waals surface area contributed by atoms with Crippen molar-refractivity contribution in [2.24, 2.45) is 0 Å². The van der Waals surface area contributed by atoms with E-state index in [2.05, 4.69) is 18.7 Å². The second-order valence-electron chi connectivity index (χ2n) is 5.15. The zero-order valence-corrected chi connectivity index (χ0v) is 12.0. The van der Waals surface area contributed by atoms with Crippen molar-refractivity contribution in [1.82, 2.24) is 4.90 Å². The average molecular weight is 257 g/mol. The number of ether oxygens (including phenoxy) is 2. The van der Waals surface area contributed by atoms with E-state index in [-0.39, 0.29) is 5.97 Å². The Hall–Kier alpha value is -0.610. The molecule has 0 aromatic heterocycles. The van der Waals surface area contributed by atoms with Crippen LogP contribution in [0, 0.1) is 0 Å². The first-order chi connectivity index (χ1) is 8.63. The van der Waals surface area contributed by atoms with E-state index >= 15 is 0 Å². The Morgan fingerprint density at radius 2 is 2.28 bits per heavy atom. The van der Waals surface area contributed by atoms with E-state index in [4.69, 9.17) is 9.47 Å². The molecular weight excluding hydrogens is 230 g/mol. The maximum absolute atomic E-state index is 11.5. The van der Waals surface area contributed by atoms with Gasteiger partial charge in [0.05, 0.1) is 19.3 Å². The summed E-state index contributed by atoms with van der Waals surface area (Å²) < 4.78 is 10.6. The number of nitrogens with zero attached hydrogens (tertiary/aromatic N) is 1. The molecule has 0 amide bonds. The van der Waals surface area contributed by atoms with Crippen molar-refractivity contribution in [2.45, 2.75) is 58.6 Å². The molecule has 1 fully saturated rings. The molecule has 1 unspecified atom stereocenters. The highest BCUT2D eigenvalue weighted by molar-refractivity contribution is 5.71. The van der Waals surface area contributed by atoms with E-state index in [1.165, 1.54) is 12.8 Å². The van der Waals surface area contributed by atoms with E-state index in [9.17, 15) is 4.79 Å². The van der Waals surface area contributed by atoms with Gasteiger partial charge in [0.25, 0.3) is 0 Å². The van der Waals surface area contributed by atoms with Gasteiger partial charge in [-0.1, -0.05) is 0 Å². The third-order valence-electron chi connectivity index (χ3n) is 3.36. The van der Waals surface area contributed by atoms with Gasteiger partial charge in [0.1, 0.15) is 0 Å². The number of esters is 1. The third-order valence-corrected chi connectivity index (χ3v) is 3.36. The number of carbonyl (C=O) groups excluding carboxylic acids is 1. The highest BCUT2D eigenvalue weighted by atomic mass is 16.5. The molecule has 1 rings (SSSR count). The maximum atomic E-state index is 11.5. The van der Waals surface area contributed by atoms with E-state index in [0.717, 1.165) is 26.0 Å². The van der Waals surface area contributed by atoms with E-state index in [1.807, 2.05) is 6.92 Å². The maximum Gasteiger partial charge on any atom is 0.320 e. The Bertz CT molecular complexity index is 237. The van der Waals surface area contributed by atoms with Crippen molar-refractivity contribution in [3.63, 3.8) is 0 Å². The molecule has 0 bridgehead atoms. The Morgan fingerprint density at radius 3 is 2.83 bits per heavy atom. The van der Waals surface area contributed by atoms with Crippen molar-refractivity contribution in [2.75, 3.05) is 26.3 Å². The third kappa shape index (κ3) is 5.83. The zero-order chi connectivity index (χ0) is 13.4. The molecular formula is C14H27NO3. The minimum absolute atomic E-state index is 0.122. The summed E-state index contributed by atoms with van der Waals surface area (Å²) in [6, 6.07) is 0.374. The van der Waals surface area contributed by atoms with Gasteiger partial charge in [-0.3, -0.25) is 9.69 Å². The Labute approximate surface area is 111 Å². The molecule has 4 heteroatoms. The van der Waals surface area contributed by atoms with Gasteiger partial charge in [-0.15, -0.1) is 0 Å². The number of rotatable bonds is 8. The second-order valence-corrected chi connectivity index (χ2v) is 5.15. The van der Waals surface area contributed by atoms with Crippen LogP contribution in [0.5, 0.6) is 0 Å². The summed E-state index contributed by atoms with van der Waals surface area (Å²) >= 11 is 0. The first kappa shape index (κ1) is 15.4. The highest BCUT2D eigenvalue weighted by Crippen LogP contribution is 2.17. The van der Waals surface area contributed by atoms with Crippen molar-refractivity contribution in [3.05, 3.63) is 0 Å². The Balaban J connectivity index is 2.22. The predicted molar refractivity (Wildman–Crippen MR) is 71.6 cm³/mol. The molecule has 4 nitrogen and oxygen atoms in total. The van der Waals surface area contributed by atoms with Crippen LogP contribution in [0.2, 0.25) is 0 Å². The molecule has 1 atom stereocenters. The van der Waals surface area contributed by atoms with Crippen LogP contribution in [0.4, 0.5) is 0 Å². The van der Waals surface area contributed by atoms with Crippen LogP contribution in [0.15, 0.2) is 0 Å². The van der Waals surface area contributed by atoms with Crippen LogP contribution in [0.3, 0.4) is 0 Å². The van der Waals surface area contributed by atoms with Gasteiger partial charge in [0.15, 0.2) is 0 Å². The molecule has 1 heterocycles. The fraction of sp³-hybridized carbons (Fsp3) is 0.929. The van der Waals surface area contributed by atoms with Crippen LogP contribution in [-0.2, 0) is 14.3 Å². The minimum atomic E-state index is -0.122. The van der Waals surface area contributed by atoms with Gasteiger partial charge < -0.3 is 9.47 Å². The van der Waals surface area contributed by atoms with Gasteiger partial charge in [0, 0.05) is 12.6 Å². The lowest BCUT2D eigenvalue weighted by atomic mass is 10.1. The molecule has 18 heavy (non-hydrogen) atoms. The normalized spacial score (nSPS) is 19.7. The largest absolute Gasteiger partial charge is 0.465 e. The van der Waals surface area contributed by atoms with Crippen molar-refractivity contribution in [3.8, 4) is 0 Å². The van der Waals surface area contributed by atoms with Crippen LogP contribution >= 0.6 is 0 Å². The summed E-state index contributed by atoms with van der Waals surface area (Å²) in [6.45, 7) is 8.79. The summed E-state index contributed by atoms with van der Waals surface area (Å²) in [7, 11) is 0. The molecule has 1 aliphatic heterocycles. The van der Waals surface area contributed by atoms with E-state index < -0.39 is 0 Å². The number of carbonyl (C=O) groups is 1. The molecule has 0 radical (unpaired) electrons. The summed E-state index contributed by atoms with van der Waals surface area (Å²) in [6.07, 6.45) is 5.02. The quantitative estimate of drug-likeness (QED) is 0.625. The molecule has 0 spiro atoms. The fourth-order valence-electron chi connectivity index (χ4n) is 2.29. The van der Waals surface area contributed by atoms with Gasteiger partial charge in [-0.25, -0.2) is 0 Å². The lowest BCUT2D eigenvalue weighted by Crippen LogP contribution is -2.37. The fourth-order valence-corrected chi connectivity index (χ4v) is 2.29. The number of hydrogen-bond acceptors (Lipinski definition) is 4. The molecule has 1 aliphatic rings. The predicted octanol–water partition coefficient (Wildman–Crippen LogP) is 2.22. The number of hydrogen-bond donors (Lipinski definition) is 0. The van der Waals surface area contributed by atoms with Gasteiger partial charge in [-0.2, -0.15) is 0 Å². The Kier molecular flexibility index (Phi) is 7.28. The van der Waals surface area contributed by atoms with E-state index in [1.54, 1.807) is 0 Å². The van der Waals surface area contributed by atoms with Gasteiger partial charge >= 0.3 is 5.97 Å². The smallest absolute Gasteiger partial charge is 0.320 e. The molecule has 0 aromatic carbocycles. The van der Waals surface area contributed by atoms with Crippen LogP contribution in [0.25, 0.3) is 0 Å². The van der Waals surface area contributed by atoms with Crippen LogP contribution < -0.4 is 0 Å². The van der Waals surface area contributed by atoms with E-state index in [0.29, 0.717) is 25.3 Å². The van der Waals surface area contributed by atoms with Gasteiger partial charge in [-0.05, 0) is 53.0 Å². The van der Waals surface area contributed by atoms with Gasteiger partial charge in [0.2, 0.25) is 0 Å². The Morgan fingerprint density at radius 1 is 1.50 bits per heavy atom. The first-order valence-corrected chi connectivity index (χ1v) is 7.14. The summed E-state index contributed by atoms with van der Waals surface area (Å²) in [5, 5.41) is 0. The lowest BCUT2D eigenvalue weighted by Gasteiger charge is -2.25. The zero-order valence-electron chi connectivity index (χ0n) is 12.0. The van der Waals surface area contributed by atoms with Crippen molar-refractivity contribution in [1.29, 1.82) is 0 Å². The SMILES string of the molecule is CCOC(=O)CN(CCCC1CCCO1)C(C)C. The summed E-state index contributed by atoms with van der Waals surface area (Å²) in [4.78, 5) is 13.7. The molecule has 0 aromatic rings. The standard InChI is InChI=1S/C14H27NO3/c1-4-17-14(16)11-15(12(2)3)9-5-7-13-8-6-10-18-13/h12-13H,4-11H2,1-3H3.